The van der Waals surface area contributed by atoms with E-state index in [1.807, 2.05) is 0 Å². The molecule has 0 fully saturated rings. The van der Waals surface area contributed by atoms with Crippen molar-refractivity contribution in [2.75, 3.05) is 13.2 Å². The monoisotopic (exact) mass is 192 g/mol. The summed E-state index contributed by atoms with van der Waals surface area (Å²) in [6.45, 7) is 5.47. The molecule has 0 spiro atoms. The molecule has 0 aromatic heterocycles. The van der Waals surface area contributed by atoms with Crippen molar-refractivity contribution >= 4 is 19.3 Å². The van der Waals surface area contributed by atoms with Gasteiger partial charge in [-0.3, -0.25) is 0 Å². The van der Waals surface area contributed by atoms with Crippen LogP contribution >= 0.6 is 8.00 Å². The lowest BCUT2D eigenvalue weighted by Crippen LogP contribution is -2.16. The molecule has 0 saturated heterocycles. The highest BCUT2D eigenvalue weighted by Gasteiger charge is 2.16. The SMILES string of the molecule is CCOC(=O)C(C)=[P+]([O-])OCC. The molecular formula is C7H13O4P. The third-order valence-corrected chi connectivity index (χ3v) is 2.31. The first-order chi connectivity index (χ1) is 5.63. The normalized spacial score (nSPS) is 12.3. The van der Waals surface area contributed by atoms with Crippen molar-refractivity contribution < 1.29 is 18.9 Å². The molecule has 0 saturated carbocycles. The molecule has 1 unspecified atom stereocenters. The van der Waals surface area contributed by atoms with E-state index in [1.165, 1.54) is 6.92 Å². The van der Waals surface area contributed by atoms with Crippen LogP contribution in [0.4, 0.5) is 0 Å². The minimum Gasteiger partial charge on any atom is -0.603 e. The topological polar surface area (TPSA) is 58.6 Å². The second kappa shape index (κ2) is 6.12. The molecule has 0 N–H and O–H groups in total. The van der Waals surface area contributed by atoms with E-state index in [9.17, 15) is 9.69 Å². The second-order valence-corrected chi connectivity index (χ2v) is 3.42. The van der Waals surface area contributed by atoms with E-state index in [0.29, 0.717) is 6.61 Å². The molecule has 1 atom stereocenters. The maximum atomic E-state index is 11.0. The Hall–Kier alpha value is -0.440. The van der Waals surface area contributed by atoms with E-state index in [2.05, 4.69) is 4.74 Å². The number of carbonyl (C=O) groups excluding carboxylic acids is 1. The van der Waals surface area contributed by atoms with E-state index in [1.54, 1.807) is 13.8 Å². The molecule has 0 amide bonds. The summed E-state index contributed by atoms with van der Waals surface area (Å²) in [5.74, 6) is -0.549. The first-order valence-electron chi connectivity index (χ1n) is 3.74. The Labute approximate surface area is 73.0 Å². The predicted molar refractivity (Wildman–Crippen MR) is 45.9 cm³/mol. The highest BCUT2D eigenvalue weighted by atomic mass is 31.1. The summed E-state index contributed by atoms with van der Waals surface area (Å²) in [4.78, 5) is 22.0. The van der Waals surface area contributed by atoms with Gasteiger partial charge in [-0.15, -0.1) is 0 Å². The summed E-state index contributed by atoms with van der Waals surface area (Å²) in [5.41, 5.74) is 0. The Morgan fingerprint density at radius 2 is 2.00 bits per heavy atom. The van der Waals surface area contributed by atoms with Crippen molar-refractivity contribution in [3.63, 3.8) is 0 Å². The van der Waals surface area contributed by atoms with Crippen LogP contribution in [-0.4, -0.2) is 24.5 Å². The summed E-state index contributed by atoms with van der Waals surface area (Å²) in [5, 5.41) is 0.133. The van der Waals surface area contributed by atoms with Crippen LogP contribution in [0.15, 0.2) is 0 Å². The molecule has 0 radical (unpaired) electrons. The lowest BCUT2D eigenvalue weighted by atomic mass is 10.5. The van der Waals surface area contributed by atoms with Gasteiger partial charge in [-0.25, -0.2) is 4.79 Å². The van der Waals surface area contributed by atoms with Crippen LogP contribution in [0, 0.1) is 0 Å². The number of hydrogen-bond donors (Lipinski definition) is 0. The summed E-state index contributed by atoms with van der Waals surface area (Å²) >= 11 is 0. The van der Waals surface area contributed by atoms with Gasteiger partial charge in [0, 0.05) is 6.92 Å². The lowest BCUT2D eigenvalue weighted by molar-refractivity contribution is -0.172. The van der Waals surface area contributed by atoms with Crippen LogP contribution in [0.5, 0.6) is 0 Å². The maximum absolute atomic E-state index is 11.0. The summed E-state index contributed by atoms with van der Waals surface area (Å²) < 4.78 is 9.37. The lowest BCUT2D eigenvalue weighted by Gasteiger charge is -2.00. The molecule has 5 heteroatoms. The molecule has 0 rings (SSSR count). The van der Waals surface area contributed by atoms with Gasteiger partial charge >= 0.3 is 5.97 Å². The van der Waals surface area contributed by atoms with Crippen molar-refractivity contribution in [2.45, 2.75) is 20.8 Å². The number of esters is 1. The van der Waals surface area contributed by atoms with Gasteiger partial charge in [-0.2, -0.15) is 4.52 Å². The van der Waals surface area contributed by atoms with E-state index in [-0.39, 0.29) is 11.9 Å². The quantitative estimate of drug-likeness (QED) is 0.479. The van der Waals surface area contributed by atoms with Crippen LogP contribution in [0.25, 0.3) is 0 Å². The summed E-state index contributed by atoms with van der Waals surface area (Å²) in [7, 11) is -2.00. The highest BCUT2D eigenvalue weighted by Crippen LogP contribution is 2.15. The number of carbonyl (C=O) groups is 1. The van der Waals surface area contributed by atoms with Crippen LogP contribution in [0.3, 0.4) is 0 Å². The Bertz CT molecular complexity index is 188. The zero-order valence-corrected chi connectivity index (χ0v) is 8.39. The average molecular weight is 192 g/mol. The van der Waals surface area contributed by atoms with Crippen molar-refractivity contribution in [3.8, 4) is 0 Å². The molecular weight excluding hydrogens is 179 g/mol. The Kier molecular flexibility index (Phi) is 5.89. The van der Waals surface area contributed by atoms with Gasteiger partial charge < -0.3 is 9.63 Å². The third-order valence-electron chi connectivity index (χ3n) is 1.09. The molecule has 0 aliphatic rings. The van der Waals surface area contributed by atoms with Crippen LogP contribution in [-0.2, 0) is 14.1 Å². The highest BCUT2D eigenvalue weighted by molar-refractivity contribution is 7.49. The molecule has 0 aromatic rings. The molecule has 0 aliphatic heterocycles. The van der Waals surface area contributed by atoms with Gasteiger partial charge in [0.15, 0.2) is 0 Å². The standard InChI is InChI=1S/C7H13O4P/c1-4-10-7(8)6(3)12(9)11-5-2/h4-5H2,1-3H3. The number of hydrogen-bond acceptors (Lipinski definition) is 4. The molecule has 0 aliphatic carbocycles. The van der Waals surface area contributed by atoms with E-state index in [4.69, 9.17) is 4.52 Å². The van der Waals surface area contributed by atoms with Crippen molar-refractivity contribution in [3.05, 3.63) is 0 Å². The Morgan fingerprint density at radius 1 is 1.42 bits per heavy atom. The first-order valence-corrected chi connectivity index (χ1v) is 4.92. The van der Waals surface area contributed by atoms with Gasteiger partial charge in [0.05, 0.1) is 13.2 Å². The minimum atomic E-state index is -2.00. The Morgan fingerprint density at radius 3 is 2.42 bits per heavy atom. The zero-order valence-electron chi connectivity index (χ0n) is 7.49. The van der Waals surface area contributed by atoms with Crippen LogP contribution in [0.1, 0.15) is 20.8 Å². The van der Waals surface area contributed by atoms with Gasteiger partial charge in [-0.1, -0.05) is 0 Å². The zero-order chi connectivity index (χ0) is 9.56. The van der Waals surface area contributed by atoms with Gasteiger partial charge in [0.1, 0.15) is 0 Å². The molecule has 70 valence electrons. The van der Waals surface area contributed by atoms with Crippen molar-refractivity contribution in [1.82, 2.24) is 0 Å². The fourth-order valence-corrected chi connectivity index (χ4v) is 1.17. The van der Waals surface area contributed by atoms with Gasteiger partial charge in [0.25, 0.3) is 0 Å². The maximum Gasteiger partial charge on any atom is 0.379 e. The van der Waals surface area contributed by atoms with E-state index < -0.39 is 14.0 Å². The van der Waals surface area contributed by atoms with Gasteiger partial charge in [-0.05, 0) is 13.8 Å². The molecule has 0 aromatic carbocycles. The van der Waals surface area contributed by atoms with Crippen LogP contribution < -0.4 is 4.89 Å². The third kappa shape index (κ3) is 3.81. The van der Waals surface area contributed by atoms with Gasteiger partial charge in [0.2, 0.25) is 13.3 Å². The summed E-state index contributed by atoms with van der Waals surface area (Å²) in [6, 6.07) is 0. The molecule has 12 heavy (non-hydrogen) atoms. The minimum absolute atomic E-state index is 0.133. The van der Waals surface area contributed by atoms with Crippen molar-refractivity contribution in [2.24, 2.45) is 0 Å². The Balaban J connectivity index is 4.22. The largest absolute Gasteiger partial charge is 0.603 e. The average Bonchev–Trinajstić information content (AvgIpc) is 2.04. The fraction of sp³-hybridized carbons (Fsp3) is 0.714. The van der Waals surface area contributed by atoms with Crippen molar-refractivity contribution in [1.29, 1.82) is 0 Å². The molecule has 0 bridgehead atoms. The van der Waals surface area contributed by atoms with Crippen LogP contribution in [0.2, 0.25) is 0 Å². The molecule has 0 heterocycles. The van der Waals surface area contributed by atoms with E-state index in [0.717, 1.165) is 0 Å². The number of rotatable bonds is 4. The fourth-order valence-electron chi connectivity index (χ4n) is 0.524. The molecule has 4 nitrogen and oxygen atoms in total. The second-order valence-electron chi connectivity index (χ2n) is 1.98. The predicted octanol–water partition coefficient (Wildman–Crippen LogP) is 0.450. The smallest absolute Gasteiger partial charge is 0.379 e. The van der Waals surface area contributed by atoms with E-state index >= 15 is 0 Å². The summed E-state index contributed by atoms with van der Waals surface area (Å²) in [6.07, 6.45) is 0. The first kappa shape index (κ1) is 11.6. The number of ether oxygens (including phenoxy) is 1.